The van der Waals surface area contributed by atoms with Crippen molar-refractivity contribution in [3.63, 3.8) is 0 Å². The topological polar surface area (TPSA) is 67.9 Å². The molecule has 0 bridgehead atoms. The van der Waals surface area contributed by atoms with Gasteiger partial charge in [-0.05, 0) is 19.9 Å². The molecule has 0 spiro atoms. The second-order valence-electron chi connectivity index (χ2n) is 3.94. The van der Waals surface area contributed by atoms with E-state index in [0.29, 0.717) is 6.54 Å². The van der Waals surface area contributed by atoms with Crippen LogP contribution in [0.3, 0.4) is 0 Å². The summed E-state index contributed by atoms with van der Waals surface area (Å²) in [4.78, 5) is 0. The maximum Gasteiger partial charge on any atom is 0.0596 e. The second kappa shape index (κ2) is 7.38. The molecule has 0 aliphatic rings. The highest BCUT2D eigenvalue weighted by Gasteiger charge is 1.99. The first-order valence-electron chi connectivity index (χ1n) is 5.86. The average molecular weight is 225 g/mol. The van der Waals surface area contributed by atoms with Gasteiger partial charge in [0.15, 0.2) is 0 Å². The number of hydrogen-bond acceptors (Lipinski definition) is 4. The molecule has 0 aliphatic carbocycles. The van der Waals surface area contributed by atoms with Gasteiger partial charge in [-0.1, -0.05) is 0 Å². The summed E-state index contributed by atoms with van der Waals surface area (Å²) in [5.41, 5.74) is 7.68. The molecule has 0 aromatic carbocycles. The Morgan fingerprint density at radius 3 is 2.44 bits per heavy atom. The van der Waals surface area contributed by atoms with Crippen LogP contribution in [-0.4, -0.2) is 42.5 Å². The molecule has 4 N–H and O–H groups in total. The molecule has 1 rings (SSSR count). The predicted molar refractivity (Wildman–Crippen MR) is 66.5 cm³/mol. The Hall–Kier alpha value is -0.910. The number of hydrogen-bond donors (Lipinski definition) is 3. The lowest BCUT2D eigenvalue weighted by Crippen LogP contribution is -2.32. The van der Waals surface area contributed by atoms with Gasteiger partial charge < -0.3 is 16.4 Å². The van der Waals surface area contributed by atoms with Crippen LogP contribution in [0, 0.1) is 13.8 Å². The molecule has 5 nitrogen and oxygen atoms in total. The highest BCUT2D eigenvalue weighted by molar-refractivity contribution is 5.06. The van der Waals surface area contributed by atoms with Crippen LogP contribution in [0.2, 0.25) is 0 Å². The molecule has 1 aromatic heterocycles. The van der Waals surface area contributed by atoms with Gasteiger partial charge >= 0.3 is 0 Å². The van der Waals surface area contributed by atoms with Crippen molar-refractivity contribution in [3.05, 3.63) is 17.5 Å². The van der Waals surface area contributed by atoms with Crippen molar-refractivity contribution in [3.8, 4) is 0 Å². The van der Waals surface area contributed by atoms with E-state index in [1.165, 1.54) is 5.69 Å². The normalized spacial score (nSPS) is 10.9. The van der Waals surface area contributed by atoms with E-state index in [1.54, 1.807) is 0 Å². The summed E-state index contributed by atoms with van der Waals surface area (Å²) in [6.45, 7) is 9.51. The molecule has 0 atom stereocenters. The van der Waals surface area contributed by atoms with Gasteiger partial charge in [-0.2, -0.15) is 5.10 Å². The fourth-order valence-corrected chi connectivity index (χ4v) is 1.62. The molecule has 5 heteroatoms. The van der Waals surface area contributed by atoms with Gasteiger partial charge in [0.1, 0.15) is 0 Å². The van der Waals surface area contributed by atoms with E-state index >= 15 is 0 Å². The average Bonchev–Trinajstić information content (AvgIpc) is 2.56. The fourth-order valence-electron chi connectivity index (χ4n) is 1.62. The zero-order valence-corrected chi connectivity index (χ0v) is 10.3. The number of aromatic nitrogens is 2. The molecule has 0 fully saturated rings. The lowest BCUT2D eigenvalue weighted by molar-refractivity contribution is 0.532. The number of nitrogens with zero attached hydrogens (tertiary/aromatic N) is 2. The summed E-state index contributed by atoms with van der Waals surface area (Å²) >= 11 is 0. The van der Waals surface area contributed by atoms with Crippen LogP contribution in [0.15, 0.2) is 6.07 Å². The van der Waals surface area contributed by atoms with Crippen molar-refractivity contribution in [1.82, 2.24) is 20.4 Å². The molecule has 0 amide bonds. The maximum atomic E-state index is 5.37. The monoisotopic (exact) mass is 225 g/mol. The minimum Gasteiger partial charge on any atom is -0.329 e. The van der Waals surface area contributed by atoms with E-state index in [4.69, 9.17) is 5.73 Å². The lowest BCUT2D eigenvalue weighted by atomic mass is 10.4. The molecule has 0 saturated carbocycles. The SMILES string of the molecule is Cc1cc(C)n(CCNCCNCCN)n1. The van der Waals surface area contributed by atoms with E-state index in [0.717, 1.165) is 38.4 Å². The summed E-state index contributed by atoms with van der Waals surface area (Å²) in [5.74, 6) is 0. The third-order valence-electron chi connectivity index (χ3n) is 2.40. The molecule has 0 radical (unpaired) electrons. The maximum absolute atomic E-state index is 5.37. The summed E-state index contributed by atoms with van der Waals surface area (Å²) < 4.78 is 2.04. The Kier molecular flexibility index (Phi) is 6.07. The van der Waals surface area contributed by atoms with Crippen molar-refractivity contribution in [2.24, 2.45) is 5.73 Å². The van der Waals surface area contributed by atoms with Crippen molar-refractivity contribution in [1.29, 1.82) is 0 Å². The van der Waals surface area contributed by atoms with Crippen molar-refractivity contribution in [2.45, 2.75) is 20.4 Å². The third-order valence-corrected chi connectivity index (χ3v) is 2.40. The van der Waals surface area contributed by atoms with Crippen molar-refractivity contribution in [2.75, 3.05) is 32.7 Å². The minimum atomic E-state index is 0.700. The van der Waals surface area contributed by atoms with E-state index in [9.17, 15) is 0 Å². The minimum absolute atomic E-state index is 0.700. The predicted octanol–water partition coefficient (Wildman–Crippen LogP) is -0.362. The van der Waals surface area contributed by atoms with Crippen LogP contribution in [0.1, 0.15) is 11.4 Å². The first-order valence-corrected chi connectivity index (χ1v) is 5.86. The zero-order chi connectivity index (χ0) is 11.8. The van der Waals surface area contributed by atoms with Gasteiger partial charge in [0, 0.05) is 38.4 Å². The Balaban J connectivity index is 2.05. The van der Waals surface area contributed by atoms with Crippen molar-refractivity contribution >= 4 is 0 Å². The zero-order valence-electron chi connectivity index (χ0n) is 10.3. The third kappa shape index (κ3) is 4.74. The Labute approximate surface area is 97.4 Å². The van der Waals surface area contributed by atoms with Crippen LogP contribution in [0.25, 0.3) is 0 Å². The van der Waals surface area contributed by atoms with Gasteiger partial charge in [0.25, 0.3) is 0 Å². The lowest BCUT2D eigenvalue weighted by Gasteiger charge is -2.07. The first kappa shape index (κ1) is 13.2. The molecular formula is C11H23N5. The van der Waals surface area contributed by atoms with Crippen molar-refractivity contribution < 1.29 is 0 Å². The molecule has 0 unspecified atom stereocenters. The summed E-state index contributed by atoms with van der Waals surface area (Å²) in [6, 6.07) is 2.10. The highest BCUT2D eigenvalue weighted by atomic mass is 15.3. The van der Waals surface area contributed by atoms with Crippen LogP contribution in [-0.2, 0) is 6.54 Å². The van der Waals surface area contributed by atoms with Crippen LogP contribution >= 0.6 is 0 Å². The van der Waals surface area contributed by atoms with Gasteiger partial charge in [0.2, 0.25) is 0 Å². The van der Waals surface area contributed by atoms with Gasteiger partial charge in [-0.3, -0.25) is 4.68 Å². The molecule has 16 heavy (non-hydrogen) atoms. The first-order chi connectivity index (χ1) is 7.74. The van der Waals surface area contributed by atoms with E-state index < -0.39 is 0 Å². The molecular weight excluding hydrogens is 202 g/mol. The quantitative estimate of drug-likeness (QED) is 0.528. The second-order valence-corrected chi connectivity index (χ2v) is 3.94. The Bertz CT molecular complexity index is 295. The van der Waals surface area contributed by atoms with E-state index in [-0.39, 0.29) is 0 Å². The van der Waals surface area contributed by atoms with Gasteiger partial charge in [0.05, 0.1) is 12.2 Å². The largest absolute Gasteiger partial charge is 0.329 e. The number of aryl methyl sites for hydroxylation is 2. The number of nitrogens with two attached hydrogens (primary N) is 1. The number of rotatable bonds is 8. The highest BCUT2D eigenvalue weighted by Crippen LogP contribution is 2.00. The Morgan fingerprint density at radius 1 is 1.19 bits per heavy atom. The van der Waals surface area contributed by atoms with E-state index in [1.807, 2.05) is 11.6 Å². The summed E-state index contributed by atoms with van der Waals surface area (Å²) in [7, 11) is 0. The molecule has 0 aliphatic heterocycles. The van der Waals surface area contributed by atoms with Crippen LogP contribution in [0.4, 0.5) is 0 Å². The molecule has 0 saturated heterocycles. The van der Waals surface area contributed by atoms with Crippen LogP contribution in [0.5, 0.6) is 0 Å². The standard InChI is InChI=1S/C11H23N5/c1-10-9-11(2)16(15-10)8-7-14-6-5-13-4-3-12/h9,13-14H,3-8,12H2,1-2H3. The van der Waals surface area contributed by atoms with E-state index in [2.05, 4.69) is 28.7 Å². The number of nitrogens with one attached hydrogen (secondary N) is 2. The summed E-state index contributed by atoms with van der Waals surface area (Å²) in [6.07, 6.45) is 0. The smallest absolute Gasteiger partial charge is 0.0596 e. The molecule has 1 aromatic rings. The summed E-state index contributed by atoms with van der Waals surface area (Å²) in [5, 5.41) is 11.0. The fraction of sp³-hybridized carbons (Fsp3) is 0.727. The van der Waals surface area contributed by atoms with Crippen LogP contribution < -0.4 is 16.4 Å². The van der Waals surface area contributed by atoms with Gasteiger partial charge in [-0.15, -0.1) is 0 Å². The Morgan fingerprint density at radius 2 is 1.88 bits per heavy atom. The van der Waals surface area contributed by atoms with Gasteiger partial charge in [-0.25, -0.2) is 0 Å². The molecule has 92 valence electrons. The molecule has 1 heterocycles.